The molecule has 0 bridgehead atoms. The minimum atomic E-state index is -0.758. The normalized spacial score (nSPS) is 17.6. The highest BCUT2D eigenvalue weighted by molar-refractivity contribution is 6.30. The van der Waals surface area contributed by atoms with Crippen molar-refractivity contribution in [2.24, 2.45) is 4.99 Å². The summed E-state index contributed by atoms with van der Waals surface area (Å²) in [6.45, 7) is 3.74. The standard InChI is InChI=1S/C14H15ClFNO/c1-9-7-11(15)13(16)12(10(9)2)14(17-8-18)5-3-4-6-14/h7H,3-6H2,1-2H3. The molecule has 2 nitrogen and oxygen atoms in total. The summed E-state index contributed by atoms with van der Waals surface area (Å²) in [7, 11) is 0. The zero-order chi connectivity index (χ0) is 13.3. The van der Waals surface area contributed by atoms with Gasteiger partial charge in [0.25, 0.3) is 0 Å². The molecular weight excluding hydrogens is 253 g/mol. The van der Waals surface area contributed by atoms with Gasteiger partial charge in [-0.15, -0.1) is 0 Å². The molecule has 4 heteroatoms. The van der Waals surface area contributed by atoms with E-state index in [1.807, 2.05) is 13.8 Å². The smallest absolute Gasteiger partial charge is 0.211 e. The minimum Gasteiger partial charge on any atom is -0.211 e. The topological polar surface area (TPSA) is 29.4 Å². The van der Waals surface area contributed by atoms with Crippen LogP contribution in [0.15, 0.2) is 11.1 Å². The maximum Gasteiger partial charge on any atom is 0.235 e. The highest BCUT2D eigenvalue weighted by Gasteiger charge is 2.40. The van der Waals surface area contributed by atoms with Gasteiger partial charge in [0.05, 0.1) is 5.02 Å². The lowest BCUT2D eigenvalue weighted by molar-refractivity contribution is 0.427. The van der Waals surface area contributed by atoms with Crippen LogP contribution in [-0.4, -0.2) is 6.08 Å². The van der Waals surface area contributed by atoms with Gasteiger partial charge >= 0.3 is 0 Å². The molecule has 0 unspecified atom stereocenters. The average molecular weight is 268 g/mol. The second-order valence-corrected chi connectivity index (χ2v) is 5.34. The van der Waals surface area contributed by atoms with Gasteiger partial charge in [0.1, 0.15) is 11.4 Å². The van der Waals surface area contributed by atoms with E-state index in [9.17, 15) is 9.18 Å². The molecule has 0 heterocycles. The van der Waals surface area contributed by atoms with Crippen molar-refractivity contribution in [3.63, 3.8) is 0 Å². The van der Waals surface area contributed by atoms with E-state index in [1.165, 1.54) is 0 Å². The molecule has 1 aliphatic carbocycles. The minimum absolute atomic E-state index is 0.0977. The fourth-order valence-corrected chi connectivity index (χ4v) is 3.12. The number of hydrogen-bond donors (Lipinski definition) is 0. The largest absolute Gasteiger partial charge is 0.235 e. The first-order chi connectivity index (χ1) is 8.52. The molecule has 0 N–H and O–H groups in total. The number of halogens is 2. The lowest BCUT2D eigenvalue weighted by Crippen LogP contribution is -2.23. The SMILES string of the molecule is Cc1cc(Cl)c(F)c(C2(N=C=O)CCCC2)c1C. The summed E-state index contributed by atoms with van der Waals surface area (Å²) in [5, 5.41) is 0.0977. The van der Waals surface area contributed by atoms with Crippen LogP contribution in [0.2, 0.25) is 5.02 Å². The Morgan fingerprint density at radius 3 is 2.56 bits per heavy atom. The maximum absolute atomic E-state index is 14.3. The highest BCUT2D eigenvalue weighted by Crippen LogP contribution is 2.46. The molecule has 0 aliphatic heterocycles. The van der Waals surface area contributed by atoms with Crippen molar-refractivity contribution in [3.8, 4) is 0 Å². The van der Waals surface area contributed by atoms with E-state index in [2.05, 4.69) is 4.99 Å². The number of benzene rings is 1. The van der Waals surface area contributed by atoms with E-state index >= 15 is 0 Å². The van der Waals surface area contributed by atoms with Crippen molar-refractivity contribution < 1.29 is 9.18 Å². The van der Waals surface area contributed by atoms with Crippen molar-refractivity contribution >= 4 is 17.7 Å². The Balaban J connectivity index is 2.72. The van der Waals surface area contributed by atoms with Gasteiger partial charge in [-0.2, -0.15) is 4.99 Å². The van der Waals surface area contributed by atoms with Gasteiger partial charge in [-0.05, 0) is 43.9 Å². The van der Waals surface area contributed by atoms with Crippen LogP contribution in [0, 0.1) is 19.7 Å². The molecule has 1 aliphatic rings. The molecule has 0 amide bonds. The second kappa shape index (κ2) is 4.83. The molecule has 0 radical (unpaired) electrons. The number of aryl methyl sites for hydroxylation is 1. The predicted octanol–water partition coefficient (Wildman–Crippen LogP) is 4.20. The number of aliphatic imine (C=N–C) groups is 1. The first-order valence-electron chi connectivity index (χ1n) is 6.06. The fourth-order valence-electron chi connectivity index (χ4n) is 2.86. The van der Waals surface area contributed by atoms with Gasteiger partial charge in [-0.3, -0.25) is 0 Å². The van der Waals surface area contributed by atoms with Crippen LogP contribution < -0.4 is 0 Å². The Hall–Kier alpha value is -1.18. The van der Waals surface area contributed by atoms with Gasteiger partial charge in [0.15, 0.2) is 0 Å². The molecule has 1 fully saturated rings. The van der Waals surface area contributed by atoms with Crippen LogP contribution >= 0.6 is 11.6 Å². The molecule has 1 saturated carbocycles. The molecule has 96 valence electrons. The fraction of sp³-hybridized carbons (Fsp3) is 0.500. The molecule has 1 aromatic carbocycles. The van der Waals surface area contributed by atoms with Crippen molar-refractivity contribution in [2.45, 2.75) is 45.1 Å². The summed E-state index contributed by atoms with van der Waals surface area (Å²) in [5.41, 5.74) is 1.47. The Labute approximate surface area is 111 Å². The number of nitrogens with zero attached hydrogens (tertiary/aromatic N) is 1. The first-order valence-corrected chi connectivity index (χ1v) is 6.44. The number of isocyanates is 1. The highest BCUT2D eigenvalue weighted by atomic mass is 35.5. The zero-order valence-corrected chi connectivity index (χ0v) is 11.3. The van der Waals surface area contributed by atoms with Crippen LogP contribution in [0.4, 0.5) is 4.39 Å². The number of carbonyl (C=O) groups excluding carboxylic acids is 1. The van der Waals surface area contributed by atoms with Crippen LogP contribution in [0.3, 0.4) is 0 Å². The third-order valence-electron chi connectivity index (χ3n) is 3.89. The molecule has 2 rings (SSSR count). The van der Waals surface area contributed by atoms with Crippen LogP contribution in [0.25, 0.3) is 0 Å². The molecule has 18 heavy (non-hydrogen) atoms. The van der Waals surface area contributed by atoms with Gasteiger partial charge in [-0.1, -0.05) is 24.4 Å². The number of hydrogen-bond acceptors (Lipinski definition) is 2. The van der Waals surface area contributed by atoms with E-state index in [0.29, 0.717) is 18.4 Å². The van der Waals surface area contributed by atoms with Crippen LogP contribution in [0.1, 0.15) is 42.4 Å². The summed E-state index contributed by atoms with van der Waals surface area (Å²) in [5.74, 6) is -0.444. The Morgan fingerprint density at radius 1 is 1.39 bits per heavy atom. The van der Waals surface area contributed by atoms with E-state index in [-0.39, 0.29) is 5.02 Å². The molecule has 0 saturated heterocycles. The molecule has 0 aromatic heterocycles. The van der Waals surface area contributed by atoms with E-state index < -0.39 is 11.4 Å². The van der Waals surface area contributed by atoms with Crippen molar-refractivity contribution in [3.05, 3.63) is 33.6 Å². The van der Waals surface area contributed by atoms with Crippen molar-refractivity contribution in [1.82, 2.24) is 0 Å². The lowest BCUT2D eigenvalue weighted by atomic mass is 9.84. The van der Waals surface area contributed by atoms with Gasteiger partial charge in [0, 0.05) is 5.56 Å². The van der Waals surface area contributed by atoms with E-state index in [4.69, 9.17) is 11.6 Å². The summed E-state index contributed by atoms with van der Waals surface area (Å²) < 4.78 is 14.3. The Morgan fingerprint density at radius 2 is 2.00 bits per heavy atom. The summed E-state index contributed by atoms with van der Waals surface area (Å²) in [6.07, 6.45) is 4.85. The summed E-state index contributed by atoms with van der Waals surface area (Å²) in [6, 6.07) is 1.61. The van der Waals surface area contributed by atoms with Crippen LogP contribution in [-0.2, 0) is 10.3 Å². The lowest BCUT2D eigenvalue weighted by Gasteiger charge is -2.26. The summed E-state index contributed by atoms with van der Waals surface area (Å²) >= 11 is 5.92. The van der Waals surface area contributed by atoms with E-state index in [0.717, 1.165) is 24.0 Å². The van der Waals surface area contributed by atoms with Crippen molar-refractivity contribution in [2.75, 3.05) is 0 Å². The van der Waals surface area contributed by atoms with Crippen LogP contribution in [0.5, 0.6) is 0 Å². The van der Waals surface area contributed by atoms with Crippen molar-refractivity contribution in [1.29, 1.82) is 0 Å². The second-order valence-electron chi connectivity index (χ2n) is 4.93. The third kappa shape index (κ3) is 1.98. The van der Waals surface area contributed by atoms with Gasteiger partial charge in [-0.25, -0.2) is 9.18 Å². The third-order valence-corrected chi connectivity index (χ3v) is 4.17. The summed E-state index contributed by atoms with van der Waals surface area (Å²) in [4.78, 5) is 14.6. The van der Waals surface area contributed by atoms with E-state index in [1.54, 1.807) is 12.1 Å². The first kappa shape index (κ1) is 13.3. The van der Waals surface area contributed by atoms with Gasteiger partial charge < -0.3 is 0 Å². The number of rotatable bonds is 2. The quantitative estimate of drug-likeness (QED) is 0.583. The molecule has 0 atom stereocenters. The molecular formula is C14H15ClFNO. The Bertz CT molecular complexity index is 503. The van der Waals surface area contributed by atoms with Gasteiger partial charge in [0.2, 0.25) is 6.08 Å². The maximum atomic E-state index is 14.3. The molecule has 0 spiro atoms. The molecule has 1 aromatic rings. The predicted molar refractivity (Wildman–Crippen MR) is 69.2 cm³/mol. The average Bonchev–Trinajstić information content (AvgIpc) is 2.77. The zero-order valence-electron chi connectivity index (χ0n) is 10.5. The Kier molecular flexibility index (Phi) is 3.56. The monoisotopic (exact) mass is 267 g/mol.